The molecule has 0 radical (unpaired) electrons. The van der Waals surface area contributed by atoms with Crippen LogP contribution in [0.2, 0.25) is 0 Å². The van der Waals surface area contributed by atoms with Gasteiger partial charge in [-0.3, -0.25) is 0 Å². The maximum atomic E-state index is 4.34. The van der Waals surface area contributed by atoms with Crippen molar-refractivity contribution in [2.45, 2.75) is 46.0 Å². The van der Waals surface area contributed by atoms with Crippen LogP contribution in [-0.4, -0.2) is 16.5 Å². The van der Waals surface area contributed by atoms with E-state index in [0.29, 0.717) is 0 Å². The summed E-state index contributed by atoms with van der Waals surface area (Å²) in [7, 11) is 0. The van der Waals surface area contributed by atoms with Gasteiger partial charge >= 0.3 is 0 Å². The largest absolute Gasteiger partial charge is 0.370 e. The van der Waals surface area contributed by atoms with Crippen molar-refractivity contribution in [2.75, 3.05) is 11.9 Å². The fourth-order valence-corrected chi connectivity index (χ4v) is 1.26. The van der Waals surface area contributed by atoms with E-state index in [0.717, 1.165) is 30.9 Å². The fourth-order valence-electron chi connectivity index (χ4n) is 1.26. The highest BCUT2D eigenvalue weighted by Crippen LogP contribution is 2.25. The molecule has 1 N–H and O–H groups in total. The predicted octanol–water partition coefficient (Wildman–Crippen LogP) is 2.99. The average molecular weight is 207 g/mol. The Kier molecular flexibility index (Phi) is 4.06. The van der Waals surface area contributed by atoms with Crippen LogP contribution in [0, 0.1) is 0 Å². The molecule has 0 saturated carbocycles. The molecule has 0 aliphatic heterocycles. The van der Waals surface area contributed by atoms with Gasteiger partial charge < -0.3 is 5.32 Å². The highest BCUT2D eigenvalue weighted by Gasteiger charge is 2.19. The summed E-state index contributed by atoms with van der Waals surface area (Å²) in [6.07, 6.45) is 3.83. The zero-order valence-corrected chi connectivity index (χ0v) is 10.2. The van der Waals surface area contributed by atoms with Crippen molar-refractivity contribution in [3.8, 4) is 0 Å². The van der Waals surface area contributed by atoms with Gasteiger partial charge in [-0.05, 0) is 12.8 Å². The minimum Gasteiger partial charge on any atom is -0.370 e. The topological polar surface area (TPSA) is 37.8 Å². The highest BCUT2D eigenvalue weighted by molar-refractivity contribution is 5.36. The third kappa shape index (κ3) is 3.18. The monoisotopic (exact) mass is 207 g/mol. The van der Waals surface area contributed by atoms with Gasteiger partial charge in [0.2, 0.25) is 0 Å². The van der Waals surface area contributed by atoms with Crippen molar-refractivity contribution >= 4 is 5.82 Å². The van der Waals surface area contributed by atoms with E-state index in [1.807, 2.05) is 0 Å². The maximum absolute atomic E-state index is 4.34. The fraction of sp³-hybridized carbons (Fsp3) is 0.667. The van der Waals surface area contributed by atoms with Crippen molar-refractivity contribution < 1.29 is 0 Å². The number of nitrogens with zero attached hydrogens (tertiary/aromatic N) is 2. The molecule has 1 aromatic rings. The maximum Gasteiger partial charge on any atom is 0.129 e. The lowest BCUT2D eigenvalue weighted by Gasteiger charge is -2.22. The molecule has 0 aliphatic carbocycles. The zero-order valence-electron chi connectivity index (χ0n) is 10.2. The summed E-state index contributed by atoms with van der Waals surface area (Å²) in [6.45, 7) is 9.70. The lowest BCUT2D eigenvalue weighted by atomic mass is 9.86. The van der Waals surface area contributed by atoms with Gasteiger partial charge in [0.05, 0.1) is 5.69 Å². The van der Waals surface area contributed by atoms with Crippen LogP contribution in [0.4, 0.5) is 5.82 Å². The summed E-state index contributed by atoms with van der Waals surface area (Å²) in [5.41, 5.74) is 1.24. The van der Waals surface area contributed by atoms with Crippen molar-refractivity contribution in [2.24, 2.45) is 0 Å². The Morgan fingerprint density at radius 3 is 2.60 bits per heavy atom. The second-order valence-corrected chi connectivity index (χ2v) is 4.45. The molecule has 0 aromatic carbocycles. The zero-order chi connectivity index (χ0) is 11.3. The third-order valence-corrected chi connectivity index (χ3v) is 2.80. The quantitative estimate of drug-likeness (QED) is 0.806. The van der Waals surface area contributed by atoms with Crippen LogP contribution in [0.25, 0.3) is 0 Å². The van der Waals surface area contributed by atoms with Gasteiger partial charge in [0.15, 0.2) is 0 Å². The molecule has 3 nitrogen and oxygen atoms in total. The van der Waals surface area contributed by atoms with Crippen LogP contribution in [0.15, 0.2) is 12.4 Å². The number of aromatic nitrogens is 2. The normalized spacial score (nSPS) is 11.5. The second kappa shape index (κ2) is 5.10. The molecule has 1 heterocycles. The summed E-state index contributed by atoms with van der Waals surface area (Å²) < 4.78 is 0. The van der Waals surface area contributed by atoms with Crippen molar-refractivity contribution in [3.05, 3.63) is 18.1 Å². The summed E-state index contributed by atoms with van der Waals surface area (Å²) in [5, 5.41) is 3.28. The van der Waals surface area contributed by atoms with Gasteiger partial charge in [-0.1, -0.05) is 27.7 Å². The van der Waals surface area contributed by atoms with E-state index < -0.39 is 0 Å². The van der Waals surface area contributed by atoms with Gasteiger partial charge in [0.1, 0.15) is 12.1 Å². The van der Waals surface area contributed by atoms with Crippen LogP contribution in [-0.2, 0) is 5.41 Å². The molecule has 15 heavy (non-hydrogen) atoms. The van der Waals surface area contributed by atoms with Gasteiger partial charge in [0.25, 0.3) is 0 Å². The minimum absolute atomic E-state index is 0.131. The highest BCUT2D eigenvalue weighted by atomic mass is 15.0. The van der Waals surface area contributed by atoms with Crippen molar-refractivity contribution in [1.82, 2.24) is 9.97 Å². The number of anilines is 1. The Bertz CT molecular complexity index is 307. The van der Waals surface area contributed by atoms with E-state index in [1.54, 1.807) is 6.33 Å². The molecule has 1 rings (SSSR count). The van der Waals surface area contributed by atoms with E-state index >= 15 is 0 Å². The first-order chi connectivity index (χ1) is 7.10. The predicted molar refractivity (Wildman–Crippen MR) is 64.1 cm³/mol. The molecule has 0 aliphatic rings. The number of hydrogen-bond acceptors (Lipinski definition) is 3. The molecule has 0 saturated heterocycles. The molecule has 0 unspecified atom stereocenters. The third-order valence-electron chi connectivity index (χ3n) is 2.80. The summed E-state index contributed by atoms with van der Waals surface area (Å²) in [6, 6.07) is 2.05. The van der Waals surface area contributed by atoms with E-state index in [9.17, 15) is 0 Å². The first kappa shape index (κ1) is 12.0. The molecular formula is C12H21N3. The van der Waals surface area contributed by atoms with E-state index in [1.165, 1.54) is 0 Å². The molecular weight excluding hydrogens is 186 g/mol. The number of rotatable bonds is 5. The number of hydrogen-bond donors (Lipinski definition) is 1. The molecule has 84 valence electrons. The van der Waals surface area contributed by atoms with Crippen LogP contribution >= 0.6 is 0 Å². The van der Waals surface area contributed by atoms with Gasteiger partial charge in [0, 0.05) is 18.0 Å². The molecule has 0 atom stereocenters. The van der Waals surface area contributed by atoms with Crippen LogP contribution < -0.4 is 5.32 Å². The Balaban J connectivity index is 2.82. The lowest BCUT2D eigenvalue weighted by Crippen LogP contribution is -2.18. The Morgan fingerprint density at radius 2 is 2.00 bits per heavy atom. The number of nitrogens with one attached hydrogen (secondary N) is 1. The Labute approximate surface area is 92.3 Å². The Morgan fingerprint density at radius 1 is 1.27 bits per heavy atom. The SMILES string of the molecule is CCCNc1cc(C(C)(C)CC)ncn1. The first-order valence-electron chi connectivity index (χ1n) is 5.66. The van der Waals surface area contributed by atoms with Crippen LogP contribution in [0.5, 0.6) is 0 Å². The molecule has 0 bridgehead atoms. The smallest absolute Gasteiger partial charge is 0.129 e. The summed E-state index contributed by atoms with van der Waals surface area (Å²) >= 11 is 0. The van der Waals surface area contributed by atoms with E-state index in [4.69, 9.17) is 0 Å². The average Bonchev–Trinajstić information content (AvgIpc) is 2.27. The molecule has 0 fully saturated rings. The summed E-state index contributed by atoms with van der Waals surface area (Å²) in [4.78, 5) is 8.54. The summed E-state index contributed by atoms with van der Waals surface area (Å²) in [5.74, 6) is 0.934. The van der Waals surface area contributed by atoms with Crippen LogP contribution in [0.1, 0.15) is 46.2 Å². The molecule has 3 heteroatoms. The van der Waals surface area contributed by atoms with Crippen LogP contribution in [0.3, 0.4) is 0 Å². The van der Waals surface area contributed by atoms with Gasteiger partial charge in [-0.25, -0.2) is 9.97 Å². The molecule has 1 aromatic heterocycles. The molecule has 0 spiro atoms. The van der Waals surface area contributed by atoms with Crippen molar-refractivity contribution in [3.63, 3.8) is 0 Å². The van der Waals surface area contributed by atoms with Gasteiger partial charge in [-0.2, -0.15) is 0 Å². The second-order valence-electron chi connectivity index (χ2n) is 4.45. The Hall–Kier alpha value is -1.12. The molecule has 0 amide bonds. The lowest BCUT2D eigenvalue weighted by molar-refractivity contribution is 0.489. The van der Waals surface area contributed by atoms with Gasteiger partial charge in [-0.15, -0.1) is 0 Å². The minimum atomic E-state index is 0.131. The standard InChI is InChI=1S/C12H21N3/c1-5-7-13-11-8-10(14-9-15-11)12(3,4)6-2/h8-9H,5-7H2,1-4H3,(H,13,14,15). The van der Waals surface area contributed by atoms with E-state index in [2.05, 4.69) is 49.0 Å². The first-order valence-corrected chi connectivity index (χ1v) is 5.66. The van der Waals surface area contributed by atoms with Crippen molar-refractivity contribution in [1.29, 1.82) is 0 Å². The van der Waals surface area contributed by atoms with E-state index in [-0.39, 0.29) is 5.41 Å².